The van der Waals surface area contributed by atoms with Crippen LogP contribution in [0, 0.1) is 0 Å². The summed E-state index contributed by atoms with van der Waals surface area (Å²) in [7, 11) is 0. The maximum absolute atomic E-state index is 11.6. The van der Waals surface area contributed by atoms with Crippen LogP contribution in [0.25, 0.3) is 0 Å². The zero-order valence-electron chi connectivity index (χ0n) is 12.8. The number of ketones is 1. The molecule has 4 nitrogen and oxygen atoms in total. The van der Waals surface area contributed by atoms with E-state index >= 15 is 0 Å². The van der Waals surface area contributed by atoms with Crippen LogP contribution in [0.3, 0.4) is 0 Å². The first-order valence-electron chi connectivity index (χ1n) is 7.51. The van der Waals surface area contributed by atoms with Crippen molar-refractivity contribution in [1.29, 1.82) is 0 Å². The standard InChI is InChI=1S/C18H17BrO4/c1-2-16(20)12-3-5-14(6-4-12)23-11-13-9-17-18(10-15(13)19)22-8-7-21-17/h3-6,9-10H,2,7-8,11H2,1H3. The predicted octanol–water partition coefficient (Wildman–Crippen LogP) is 4.39. The monoisotopic (exact) mass is 376 g/mol. The highest BCUT2D eigenvalue weighted by Gasteiger charge is 2.15. The molecule has 2 aromatic rings. The Bertz CT molecular complexity index is 710. The largest absolute Gasteiger partial charge is 0.489 e. The first kappa shape index (κ1) is 15.9. The Morgan fingerprint density at radius 2 is 1.78 bits per heavy atom. The third-order valence-corrected chi connectivity index (χ3v) is 4.34. The summed E-state index contributed by atoms with van der Waals surface area (Å²) in [5, 5.41) is 0. The normalized spacial score (nSPS) is 12.8. The minimum Gasteiger partial charge on any atom is -0.489 e. The summed E-state index contributed by atoms with van der Waals surface area (Å²) < 4.78 is 17.8. The van der Waals surface area contributed by atoms with Crippen LogP contribution in [0.1, 0.15) is 29.3 Å². The number of carbonyl (C=O) groups excluding carboxylic acids is 1. The third-order valence-electron chi connectivity index (χ3n) is 3.60. The zero-order valence-corrected chi connectivity index (χ0v) is 14.4. The van der Waals surface area contributed by atoms with Crippen molar-refractivity contribution >= 4 is 21.7 Å². The highest BCUT2D eigenvalue weighted by molar-refractivity contribution is 9.10. The van der Waals surface area contributed by atoms with Gasteiger partial charge in [-0.05, 0) is 36.4 Å². The lowest BCUT2D eigenvalue weighted by atomic mass is 10.1. The van der Waals surface area contributed by atoms with E-state index in [0.29, 0.717) is 31.8 Å². The molecule has 0 saturated carbocycles. The molecule has 0 radical (unpaired) electrons. The molecule has 5 heteroatoms. The molecule has 1 heterocycles. The number of halogens is 1. The molecule has 1 aliphatic heterocycles. The fourth-order valence-electron chi connectivity index (χ4n) is 2.32. The summed E-state index contributed by atoms with van der Waals surface area (Å²) in [6.07, 6.45) is 0.504. The van der Waals surface area contributed by atoms with E-state index in [9.17, 15) is 4.79 Å². The molecular formula is C18H17BrO4. The minimum absolute atomic E-state index is 0.131. The number of hydrogen-bond acceptors (Lipinski definition) is 4. The van der Waals surface area contributed by atoms with Crippen molar-refractivity contribution in [2.45, 2.75) is 20.0 Å². The Labute approximate surface area is 143 Å². The van der Waals surface area contributed by atoms with E-state index in [4.69, 9.17) is 14.2 Å². The van der Waals surface area contributed by atoms with Crippen molar-refractivity contribution in [3.05, 3.63) is 52.0 Å². The number of benzene rings is 2. The van der Waals surface area contributed by atoms with Gasteiger partial charge >= 0.3 is 0 Å². The summed E-state index contributed by atoms with van der Waals surface area (Å²) in [6, 6.07) is 11.0. The molecule has 120 valence electrons. The van der Waals surface area contributed by atoms with Gasteiger partial charge in [0.2, 0.25) is 0 Å². The molecule has 0 unspecified atom stereocenters. The molecule has 0 atom stereocenters. The summed E-state index contributed by atoms with van der Waals surface area (Å²) in [4.78, 5) is 11.6. The van der Waals surface area contributed by atoms with E-state index in [1.165, 1.54) is 0 Å². The second-order valence-electron chi connectivity index (χ2n) is 5.18. The van der Waals surface area contributed by atoms with Gasteiger partial charge in [-0.2, -0.15) is 0 Å². The topological polar surface area (TPSA) is 44.8 Å². The minimum atomic E-state index is 0.131. The molecule has 2 aromatic carbocycles. The molecule has 0 amide bonds. The van der Waals surface area contributed by atoms with E-state index in [0.717, 1.165) is 27.3 Å². The summed E-state index contributed by atoms with van der Waals surface area (Å²) in [5.74, 6) is 2.34. The lowest BCUT2D eigenvalue weighted by Crippen LogP contribution is -2.15. The number of ether oxygens (including phenoxy) is 3. The van der Waals surface area contributed by atoms with Crippen LogP contribution in [-0.2, 0) is 6.61 Å². The van der Waals surface area contributed by atoms with E-state index < -0.39 is 0 Å². The highest BCUT2D eigenvalue weighted by Crippen LogP contribution is 2.35. The molecule has 0 N–H and O–H groups in total. The predicted molar refractivity (Wildman–Crippen MR) is 90.5 cm³/mol. The SMILES string of the molecule is CCC(=O)c1ccc(OCc2cc3c(cc2Br)OCCO3)cc1. The number of Topliss-reactive ketones (excluding diaryl/α,β-unsaturated/α-hetero) is 1. The van der Waals surface area contributed by atoms with Crippen molar-refractivity contribution in [2.24, 2.45) is 0 Å². The van der Waals surface area contributed by atoms with Crippen LogP contribution in [0.4, 0.5) is 0 Å². The Hall–Kier alpha value is -2.01. The fourth-order valence-corrected chi connectivity index (χ4v) is 2.76. The quantitative estimate of drug-likeness (QED) is 0.725. The molecule has 0 spiro atoms. The van der Waals surface area contributed by atoms with Gasteiger partial charge in [-0.25, -0.2) is 0 Å². The van der Waals surface area contributed by atoms with Gasteiger partial charge in [-0.15, -0.1) is 0 Å². The number of rotatable bonds is 5. The van der Waals surface area contributed by atoms with Crippen molar-refractivity contribution in [1.82, 2.24) is 0 Å². The van der Waals surface area contributed by atoms with Crippen molar-refractivity contribution in [2.75, 3.05) is 13.2 Å². The van der Waals surface area contributed by atoms with Crippen LogP contribution >= 0.6 is 15.9 Å². The van der Waals surface area contributed by atoms with E-state index in [-0.39, 0.29) is 5.78 Å². The highest BCUT2D eigenvalue weighted by atomic mass is 79.9. The number of fused-ring (bicyclic) bond motifs is 1. The first-order valence-corrected chi connectivity index (χ1v) is 8.30. The summed E-state index contributed by atoms with van der Waals surface area (Å²) >= 11 is 3.53. The molecule has 0 saturated heterocycles. The van der Waals surface area contributed by atoms with Gasteiger partial charge in [0.1, 0.15) is 25.6 Å². The lowest BCUT2D eigenvalue weighted by molar-refractivity contribution is 0.0988. The van der Waals surface area contributed by atoms with Gasteiger partial charge in [-0.1, -0.05) is 22.9 Å². The van der Waals surface area contributed by atoms with Crippen molar-refractivity contribution in [3.8, 4) is 17.2 Å². The van der Waals surface area contributed by atoms with Crippen LogP contribution in [0.2, 0.25) is 0 Å². The van der Waals surface area contributed by atoms with Crippen LogP contribution in [0.5, 0.6) is 17.2 Å². The van der Waals surface area contributed by atoms with Gasteiger partial charge in [-0.3, -0.25) is 4.79 Å². The number of hydrogen-bond donors (Lipinski definition) is 0. The van der Waals surface area contributed by atoms with Crippen LogP contribution < -0.4 is 14.2 Å². The van der Waals surface area contributed by atoms with Crippen molar-refractivity contribution < 1.29 is 19.0 Å². The van der Waals surface area contributed by atoms with Crippen LogP contribution in [-0.4, -0.2) is 19.0 Å². The third kappa shape index (κ3) is 3.67. The average molecular weight is 377 g/mol. The lowest BCUT2D eigenvalue weighted by Gasteiger charge is -2.20. The summed E-state index contributed by atoms with van der Waals surface area (Å²) in [5.41, 5.74) is 1.68. The molecule has 1 aliphatic rings. The van der Waals surface area contributed by atoms with E-state index in [1.54, 1.807) is 12.1 Å². The first-order chi connectivity index (χ1) is 11.2. The Morgan fingerprint density at radius 1 is 1.13 bits per heavy atom. The maximum Gasteiger partial charge on any atom is 0.162 e. The summed E-state index contributed by atoms with van der Waals surface area (Å²) in [6.45, 7) is 3.38. The zero-order chi connectivity index (χ0) is 16.2. The van der Waals surface area contributed by atoms with Gasteiger partial charge in [0, 0.05) is 22.0 Å². The molecule has 23 heavy (non-hydrogen) atoms. The van der Waals surface area contributed by atoms with Gasteiger partial charge in [0.05, 0.1) is 0 Å². The molecule has 0 aliphatic carbocycles. The van der Waals surface area contributed by atoms with Crippen LogP contribution in [0.15, 0.2) is 40.9 Å². The van der Waals surface area contributed by atoms with E-state index in [2.05, 4.69) is 15.9 Å². The molecular weight excluding hydrogens is 360 g/mol. The van der Waals surface area contributed by atoms with Gasteiger partial charge in [0.25, 0.3) is 0 Å². The Morgan fingerprint density at radius 3 is 2.43 bits per heavy atom. The molecule has 3 rings (SSSR count). The Balaban J connectivity index is 1.69. The average Bonchev–Trinajstić information content (AvgIpc) is 2.59. The molecule has 0 fully saturated rings. The maximum atomic E-state index is 11.6. The van der Waals surface area contributed by atoms with E-state index in [1.807, 2.05) is 31.2 Å². The second kappa shape index (κ2) is 7.04. The number of carbonyl (C=O) groups is 1. The molecule has 0 aromatic heterocycles. The molecule has 0 bridgehead atoms. The van der Waals surface area contributed by atoms with Gasteiger partial charge < -0.3 is 14.2 Å². The van der Waals surface area contributed by atoms with Gasteiger partial charge in [0.15, 0.2) is 17.3 Å². The van der Waals surface area contributed by atoms with Crippen molar-refractivity contribution in [3.63, 3.8) is 0 Å². The second-order valence-corrected chi connectivity index (χ2v) is 6.03. The smallest absolute Gasteiger partial charge is 0.162 e. The Kier molecular flexibility index (Phi) is 4.86. The fraction of sp³-hybridized carbons (Fsp3) is 0.278.